The monoisotopic (exact) mass is 489 g/mol. The molecular weight excluding hydrogens is 467 g/mol. The molecular formula is C21H22F5N4O2S+. The van der Waals surface area contributed by atoms with Gasteiger partial charge >= 0.3 is 6.18 Å². The van der Waals surface area contributed by atoms with Gasteiger partial charge in [-0.15, -0.1) is 0 Å². The van der Waals surface area contributed by atoms with Crippen molar-refractivity contribution in [3.8, 4) is 0 Å². The molecule has 0 radical (unpaired) electrons. The molecule has 178 valence electrons. The van der Waals surface area contributed by atoms with E-state index in [4.69, 9.17) is 0 Å². The zero-order valence-electron chi connectivity index (χ0n) is 17.6. The second-order valence-corrected chi connectivity index (χ2v) is 10.1. The molecule has 4 aliphatic carbocycles. The predicted octanol–water partition coefficient (Wildman–Crippen LogP) is 4.71. The minimum atomic E-state index is -4.86. The lowest BCUT2D eigenvalue weighted by Gasteiger charge is -2.40. The highest BCUT2D eigenvalue weighted by atomic mass is 32.2. The molecule has 0 aromatic carbocycles. The molecule has 0 saturated heterocycles. The van der Waals surface area contributed by atoms with E-state index in [9.17, 15) is 32.0 Å². The minimum absolute atomic E-state index is 0.141. The highest BCUT2D eigenvalue weighted by Crippen LogP contribution is 2.67. The fourth-order valence-corrected chi connectivity index (χ4v) is 5.73. The summed E-state index contributed by atoms with van der Waals surface area (Å²) in [6.07, 6.45) is -0.769. The van der Waals surface area contributed by atoms with Gasteiger partial charge in [0.1, 0.15) is 11.3 Å². The second-order valence-electron chi connectivity index (χ2n) is 9.26. The molecule has 1 amide bonds. The molecule has 0 spiro atoms. The van der Waals surface area contributed by atoms with Crippen LogP contribution in [0.2, 0.25) is 0 Å². The first kappa shape index (κ1) is 22.4. The number of nitrogens with one attached hydrogen (secondary N) is 1. The van der Waals surface area contributed by atoms with E-state index < -0.39 is 47.1 Å². The molecule has 4 fully saturated rings. The quantitative estimate of drug-likeness (QED) is 0.267. The first-order valence-corrected chi connectivity index (χ1v) is 11.8. The van der Waals surface area contributed by atoms with Gasteiger partial charge in [0.15, 0.2) is 0 Å². The van der Waals surface area contributed by atoms with Crippen LogP contribution in [0.15, 0.2) is 23.4 Å². The van der Waals surface area contributed by atoms with E-state index in [1.54, 1.807) is 6.26 Å². The average molecular weight is 489 g/mol. The summed E-state index contributed by atoms with van der Waals surface area (Å²) in [6.45, 7) is -0.434. The second kappa shape index (κ2) is 7.31. The first-order valence-electron chi connectivity index (χ1n) is 10.6. The zero-order valence-corrected chi connectivity index (χ0v) is 18.4. The van der Waals surface area contributed by atoms with Gasteiger partial charge in [-0.1, -0.05) is 11.8 Å². The highest BCUT2D eigenvalue weighted by molar-refractivity contribution is 7.98. The number of rotatable bonds is 6. The number of halogens is 5. The summed E-state index contributed by atoms with van der Waals surface area (Å²) >= 11 is 1.17. The van der Waals surface area contributed by atoms with Crippen molar-refractivity contribution in [1.29, 1.82) is 0 Å². The fourth-order valence-electron chi connectivity index (χ4n) is 5.24. The molecule has 4 saturated carbocycles. The average Bonchev–Trinajstić information content (AvgIpc) is 3.35. The van der Waals surface area contributed by atoms with Crippen LogP contribution >= 0.6 is 11.8 Å². The molecule has 2 heterocycles. The van der Waals surface area contributed by atoms with E-state index in [0.29, 0.717) is 17.9 Å². The fraction of sp³-hybridized carbons (Fsp3) is 0.571. The third kappa shape index (κ3) is 3.66. The molecule has 6 nitrogen and oxygen atoms in total. The molecule has 6 rings (SSSR count). The Bertz CT molecular complexity index is 1120. The van der Waals surface area contributed by atoms with Crippen molar-refractivity contribution >= 4 is 23.4 Å². The van der Waals surface area contributed by atoms with Crippen LogP contribution in [0.5, 0.6) is 0 Å². The van der Waals surface area contributed by atoms with Gasteiger partial charge in [-0.2, -0.15) is 18.3 Å². The van der Waals surface area contributed by atoms with Gasteiger partial charge in [0.2, 0.25) is 6.20 Å². The van der Waals surface area contributed by atoms with Gasteiger partial charge < -0.3 is 5.32 Å². The van der Waals surface area contributed by atoms with Gasteiger partial charge in [0, 0.05) is 29.2 Å². The molecule has 33 heavy (non-hydrogen) atoms. The van der Waals surface area contributed by atoms with Crippen LogP contribution in [0.1, 0.15) is 59.8 Å². The lowest BCUT2D eigenvalue weighted by molar-refractivity contribution is -0.932. The highest BCUT2D eigenvalue weighted by Gasteiger charge is 2.69. The SMILES string of the molecule is CSc1cc(NC(=O)c2c(C(F)(F)F)c(C3CC3)nn2CC23CC(CC2(F)F)C3)cc[n+]1O. The van der Waals surface area contributed by atoms with E-state index in [2.05, 4.69) is 10.4 Å². The number of amides is 1. The standard InChI is InChI=1S/C21H21F5N4O2S/c1-33-14-6-13(4-5-30(14)32)27-18(31)17-15(21(24,25)26)16(12-2-3-12)28-29(17)10-19-7-11(8-19)9-20(19,22)23/h4-6,11-12,32H,2-3,7-10H2,1H3/p+1. The number of nitrogens with zero attached hydrogens (tertiary/aromatic N) is 3. The summed E-state index contributed by atoms with van der Waals surface area (Å²) in [7, 11) is 0. The van der Waals surface area contributed by atoms with Crippen molar-refractivity contribution < 1.29 is 36.7 Å². The van der Waals surface area contributed by atoms with Gasteiger partial charge in [-0.3, -0.25) is 14.7 Å². The van der Waals surface area contributed by atoms with Crippen LogP contribution in [-0.4, -0.2) is 33.1 Å². The number of pyridine rings is 1. The van der Waals surface area contributed by atoms with Gasteiger partial charge in [0.25, 0.3) is 16.9 Å². The number of alkyl halides is 5. The maximum Gasteiger partial charge on any atom is 0.420 e. The summed E-state index contributed by atoms with van der Waals surface area (Å²) in [5, 5.41) is 16.6. The predicted molar refractivity (Wildman–Crippen MR) is 107 cm³/mol. The van der Waals surface area contributed by atoms with Crippen LogP contribution in [0.25, 0.3) is 0 Å². The van der Waals surface area contributed by atoms with Crippen LogP contribution in [0.3, 0.4) is 0 Å². The summed E-state index contributed by atoms with van der Waals surface area (Å²) in [4.78, 5) is 13.2. The Morgan fingerprint density at radius 2 is 2.03 bits per heavy atom. The number of carbonyl (C=O) groups excluding carboxylic acids is 1. The molecule has 2 bridgehead atoms. The smallest absolute Gasteiger partial charge is 0.320 e. The molecule has 2 aromatic heterocycles. The normalized spacial score (nSPS) is 25.7. The third-order valence-electron chi connectivity index (χ3n) is 6.94. The molecule has 4 aliphatic rings. The van der Waals surface area contributed by atoms with Crippen molar-refractivity contribution in [3.63, 3.8) is 0 Å². The Kier molecular flexibility index (Phi) is 4.97. The zero-order chi connectivity index (χ0) is 23.8. The van der Waals surface area contributed by atoms with Gasteiger partial charge in [-0.25, -0.2) is 8.78 Å². The van der Waals surface area contributed by atoms with Crippen LogP contribution < -0.4 is 10.0 Å². The molecule has 2 aromatic rings. The first-order chi connectivity index (χ1) is 15.4. The van der Waals surface area contributed by atoms with Crippen LogP contribution in [0, 0.1) is 11.3 Å². The Morgan fingerprint density at radius 3 is 2.58 bits per heavy atom. The maximum absolute atomic E-state index is 14.6. The molecule has 12 heteroatoms. The largest absolute Gasteiger partial charge is 0.420 e. The number of fused-ring (bicyclic) bond motifs is 1. The Labute approximate surface area is 190 Å². The molecule has 0 atom stereocenters. The van der Waals surface area contributed by atoms with Crippen LogP contribution in [0.4, 0.5) is 27.6 Å². The van der Waals surface area contributed by atoms with E-state index in [-0.39, 0.29) is 36.6 Å². The Morgan fingerprint density at radius 1 is 1.33 bits per heavy atom. The Balaban J connectivity index is 1.56. The number of aromatic nitrogens is 3. The van der Waals surface area contributed by atoms with Crippen molar-refractivity contribution in [1.82, 2.24) is 9.78 Å². The number of hydrogen-bond acceptors (Lipinski definition) is 4. The van der Waals surface area contributed by atoms with Crippen molar-refractivity contribution in [2.45, 2.75) is 61.7 Å². The molecule has 0 aliphatic heterocycles. The lowest BCUT2D eigenvalue weighted by atomic mass is 9.68. The Hall–Kier alpha value is -2.37. The summed E-state index contributed by atoms with van der Waals surface area (Å²) in [6, 6.07) is 2.73. The number of carbonyl (C=O) groups is 1. The van der Waals surface area contributed by atoms with Crippen molar-refractivity contribution in [2.75, 3.05) is 11.6 Å². The lowest BCUT2D eigenvalue weighted by Crippen LogP contribution is -2.43. The number of anilines is 1. The van der Waals surface area contributed by atoms with Crippen molar-refractivity contribution in [3.05, 3.63) is 35.3 Å². The van der Waals surface area contributed by atoms with Gasteiger partial charge in [-0.05, 0) is 37.9 Å². The van der Waals surface area contributed by atoms with E-state index >= 15 is 0 Å². The minimum Gasteiger partial charge on any atom is -0.320 e. The van der Waals surface area contributed by atoms with E-state index in [1.807, 2.05) is 0 Å². The van der Waals surface area contributed by atoms with Gasteiger partial charge in [0.05, 0.1) is 23.3 Å². The van der Waals surface area contributed by atoms with Crippen molar-refractivity contribution in [2.24, 2.45) is 11.3 Å². The van der Waals surface area contributed by atoms with E-state index in [0.717, 1.165) is 9.41 Å². The number of hydrogen-bond donors (Lipinski definition) is 2. The molecule has 2 N–H and O–H groups in total. The summed E-state index contributed by atoms with van der Waals surface area (Å²) in [5.74, 6) is -4.65. The number of thioether (sulfide) groups is 1. The third-order valence-corrected chi connectivity index (χ3v) is 7.66. The summed E-state index contributed by atoms with van der Waals surface area (Å²) < 4.78 is 73.4. The summed E-state index contributed by atoms with van der Waals surface area (Å²) in [5.41, 5.74) is -3.43. The topological polar surface area (TPSA) is 71.0 Å². The van der Waals surface area contributed by atoms with Crippen LogP contribution in [-0.2, 0) is 12.7 Å². The molecule has 0 unspecified atom stereocenters. The van der Waals surface area contributed by atoms with E-state index in [1.165, 1.54) is 30.1 Å². The maximum atomic E-state index is 14.6.